The Morgan fingerprint density at radius 1 is 0.433 bits per heavy atom. The number of hydrogen-bond donors (Lipinski definition) is 0. The minimum atomic E-state index is -4.83. The van der Waals surface area contributed by atoms with E-state index in [1.807, 2.05) is 120 Å². The van der Waals surface area contributed by atoms with Crippen LogP contribution >= 0.6 is 0 Å². The maximum Gasteiger partial charge on any atom is 0.417 e. The Morgan fingerprint density at radius 2 is 0.900 bits per heavy atom. The molecule has 0 amide bonds. The molecule has 0 fully saturated rings. The first-order valence-corrected chi connectivity index (χ1v) is 19.5. The molecule has 0 N–H and O–H groups in total. The first-order chi connectivity index (χ1) is 29.1. The van der Waals surface area contributed by atoms with Crippen molar-refractivity contribution in [3.63, 3.8) is 0 Å². The summed E-state index contributed by atoms with van der Waals surface area (Å²) in [7, 11) is 0. The molecule has 7 heteroatoms. The molecule has 4 nitrogen and oxygen atoms in total. The molecular formula is C53H33F3N4. The number of hydrogen-bond acceptors (Lipinski definition) is 2. The van der Waals surface area contributed by atoms with Gasteiger partial charge in [0.2, 0.25) is 0 Å². The monoisotopic (exact) mass is 782 g/mol. The molecule has 2 aromatic heterocycles. The van der Waals surface area contributed by atoms with Gasteiger partial charge in [-0.2, -0.15) is 23.7 Å². The van der Waals surface area contributed by atoms with Crippen molar-refractivity contribution in [1.29, 1.82) is 10.5 Å². The molecule has 0 atom stereocenters. The number of nitriles is 2. The summed E-state index contributed by atoms with van der Waals surface area (Å²) in [5, 5.41) is 25.1. The van der Waals surface area contributed by atoms with Gasteiger partial charge in [-0.25, -0.2) is 0 Å². The van der Waals surface area contributed by atoms with E-state index in [4.69, 9.17) is 0 Å². The van der Waals surface area contributed by atoms with Gasteiger partial charge in [0.25, 0.3) is 0 Å². The molecule has 0 bridgehead atoms. The van der Waals surface area contributed by atoms with E-state index >= 15 is 13.2 Å². The zero-order chi connectivity index (χ0) is 41.3. The molecule has 8 aromatic carbocycles. The maximum atomic E-state index is 15.5. The highest BCUT2D eigenvalue weighted by atomic mass is 19.4. The predicted molar refractivity (Wildman–Crippen MR) is 235 cm³/mol. The quantitative estimate of drug-likeness (QED) is 0.175. The van der Waals surface area contributed by atoms with Crippen LogP contribution in [0.3, 0.4) is 0 Å². The van der Waals surface area contributed by atoms with Gasteiger partial charge in [0, 0.05) is 32.7 Å². The van der Waals surface area contributed by atoms with Gasteiger partial charge in [-0.05, 0) is 84.6 Å². The summed E-state index contributed by atoms with van der Waals surface area (Å²) in [6.45, 7) is 4.06. The Balaban J connectivity index is 1.42. The summed E-state index contributed by atoms with van der Waals surface area (Å²) >= 11 is 0. The van der Waals surface area contributed by atoms with Gasteiger partial charge in [-0.1, -0.05) is 126 Å². The summed E-state index contributed by atoms with van der Waals surface area (Å²) in [6, 6.07) is 55.7. The standard InChI is InChI=1S/C53H33F3N4/c1-32-10-7-12-35(24-32)37-20-22-42-40-15-3-5-18-45(40)59(47(42)28-37)49-26-34(30-57)27-50(52(49)51-39(31-58)14-9-17-44(51)53(54,55)56)60-46-19-6-4-16-41(46)43-23-21-38(29-48(43)60)36-13-8-11-33(2)25-36/h3-29H,1-2H3. The normalized spacial score (nSPS) is 11.7. The topological polar surface area (TPSA) is 57.4 Å². The number of halogens is 3. The lowest BCUT2D eigenvalue weighted by atomic mass is 9.90. The number of rotatable bonds is 5. The zero-order valence-electron chi connectivity index (χ0n) is 32.5. The third-order valence-corrected chi connectivity index (χ3v) is 11.5. The molecule has 2 heterocycles. The van der Waals surface area contributed by atoms with E-state index in [0.717, 1.165) is 83.1 Å². The van der Waals surface area contributed by atoms with Crippen LogP contribution in [0.4, 0.5) is 13.2 Å². The SMILES string of the molecule is Cc1cccc(-c2ccc3c4ccccc4n(-c4cc(C#N)cc(-n5c6ccccc6c6ccc(-c7cccc(C)c7)cc65)c4-c4c(C#N)cccc4C(F)(F)F)c3c2)c1. The molecule has 0 aliphatic heterocycles. The Labute approximate surface area is 343 Å². The highest BCUT2D eigenvalue weighted by molar-refractivity contribution is 6.13. The van der Waals surface area contributed by atoms with Gasteiger partial charge in [0.1, 0.15) is 0 Å². The smallest absolute Gasteiger partial charge is 0.308 e. The molecule has 0 aliphatic rings. The largest absolute Gasteiger partial charge is 0.417 e. The van der Waals surface area contributed by atoms with Gasteiger partial charge >= 0.3 is 6.18 Å². The molecular weight excluding hydrogens is 750 g/mol. The number of fused-ring (bicyclic) bond motifs is 6. The third-order valence-electron chi connectivity index (χ3n) is 11.5. The van der Waals surface area contributed by atoms with Crippen LogP contribution < -0.4 is 0 Å². The van der Waals surface area contributed by atoms with Gasteiger partial charge < -0.3 is 9.13 Å². The van der Waals surface area contributed by atoms with E-state index in [9.17, 15) is 10.5 Å². The van der Waals surface area contributed by atoms with Crippen molar-refractivity contribution >= 4 is 43.6 Å². The van der Waals surface area contributed by atoms with Crippen molar-refractivity contribution in [2.45, 2.75) is 20.0 Å². The molecule has 0 saturated heterocycles. The fraction of sp³-hybridized carbons (Fsp3) is 0.0566. The molecule has 0 aliphatic carbocycles. The second-order valence-electron chi connectivity index (χ2n) is 15.2. The number of aryl methyl sites for hydroxylation is 2. The van der Waals surface area contributed by atoms with E-state index in [1.165, 1.54) is 12.1 Å². The predicted octanol–water partition coefficient (Wildman–Crippen LogP) is 14.3. The highest BCUT2D eigenvalue weighted by Gasteiger charge is 2.37. The molecule has 0 unspecified atom stereocenters. The minimum absolute atomic E-state index is 0.139. The Morgan fingerprint density at radius 3 is 1.37 bits per heavy atom. The molecule has 10 aromatic rings. The average Bonchev–Trinajstić information content (AvgIpc) is 3.77. The van der Waals surface area contributed by atoms with Crippen LogP contribution in [0.5, 0.6) is 0 Å². The fourth-order valence-corrected chi connectivity index (χ4v) is 8.90. The van der Waals surface area contributed by atoms with E-state index < -0.39 is 11.7 Å². The summed E-state index contributed by atoms with van der Waals surface area (Å²) in [6.07, 6.45) is -4.83. The number of aromatic nitrogens is 2. The summed E-state index contributed by atoms with van der Waals surface area (Å²) < 4.78 is 50.5. The van der Waals surface area contributed by atoms with E-state index in [0.29, 0.717) is 11.4 Å². The van der Waals surface area contributed by atoms with E-state index in [2.05, 4.69) is 48.5 Å². The first-order valence-electron chi connectivity index (χ1n) is 19.5. The lowest BCUT2D eigenvalue weighted by Crippen LogP contribution is -2.12. The summed E-state index contributed by atoms with van der Waals surface area (Å²) in [5.74, 6) is 0. The van der Waals surface area contributed by atoms with E-state index in [-0.39, 0.29) is 22.3 Å². The van der Waals surface area contributed by atoms with Crippen LogP contribution in [-0.4, -0.2) is 9.13 Å². The Kier molecular flexibility index (Phi) is 8.45. The van der Waals surface area contributed by atoms with Crippen LogP contribution in [0.15, 0.2) is 164 Å². The van der Waals surface area contributed by atoms with Gasteiger partial charge in [-0.3, -0.25) is 0 Å². The Hall–Kier alpha value is -7.87. The van der Waals surface area contributed by atoms with Crippen molar-refractivity contribution in [2.75, 3.05) is 0 Å². The second kappa shape index (κ2) is 13.9. The highest BCUT2D eigenvalue weighted by Crippen LogP contribution is 2.48. The fourth-order valence-electron chi connectivity index (χ4n) is 8.90. The number of nitrogens with zero attached hydrogens (tertiary/aromatic N) is 4. The van der Waals surface area contributed by atoms with Crippen LogP contribution in [0.1, 0.15) is 27.8 Å². The molecule has 0 spiro atoms. The van der Waals surface area contributed by atoms with Crippen molar-refractivity contribution in [3.05, 3.63) is 192 Å². The molecule has 286 valence electrons. The summed E-state index contributed by atoms with van der Waals surface area (Å²) in [5.41, 5.74) is 8.71. The average molecular weight is 783 g/mol. The van der Waals surface area contributed by atoms with Gasteiger partial charge in [0.05, 0.1) is 62.3 Å². The number of para-hydroxylation sites is 2. The van der Waals surface area contributed by atoms with Crippen LogP contribution in [0.25, 0.3) is 88.4 Å². The summed E-state index contributed by atoms with van der Waals surface area (Å²) in [4.78, 5) is 0. The van der Waals surface area contributed by atoms with Gasteiger partial charge in [0.15, 0.2) is 0 Å². The zero-order valence-corrected chi connectivity index (χ0v) is 32.5. The van der Waals surface area contributed by atoms with Crippen molar-refractivity contribution in [2.24, 2.45) is 0 Å². The molecule has 0 radical (unpaired) electrons. The lowest BCUT2D eigenvalue weighted by Gasteiger charge is -2.24. The molecule has 60 heavy (non-hydrogen) atoms. The number of benzene rings is 8. The van der Waals surface area contributed by atoms with Crippen molar-refractivity contribution < 1.29 is 13.2 Å². The lowest BCUT2D eigenvalue weighted by molar-refractivity contribution is -0.137. The number of alkyl halides is 3. The minimum Gasteiger partial charge on any atom is -0.308 e. The first kappa shape index (κ1) is 36.5. The van der Waals surface area contributed by atoms with Crippen molar-refractivity contribution in [1.82, 2.24) is 9.13 Å². The maximum absolute atomic E-state index is 15.5. The van der Waals surface area contributed by atoms with Crippen molar-refractivity contribution in [3.8, 4) is 56.9 Å². The van der Waals surface area contributed by atoms with Crippen LogP contribution in [0, 0.1) is 36.5 Å². The van der Waals surface area contributed by atoms with Crippen LogP contribution in [-0.2, 0) is 6.18 Å². The molecule has 0 saturated carbocycles. The Bertz CT molecular complexity index is 3300. The van der Waals surface area contributed by atoms with E-state index in [1.54, 1.807) is 12.1 Å². The van der Waals surface area contributed by atoms with Gasteiger partial charge in [-0.15, -0.1) is 0 Å². The third kappa shape index (κ3) is 5.82. The second-order valence-corrected chi connectivity index (χ2v) is 15.2. The molecule has 10 rings (SSSR count). The van der Waals surface area contributed by atoms with Crippen LogP contribution in [0.2, 0.25) is 0 Å².